The summed E-state index contributed by atoms with van der Waals surface area (Å²) in [6, 6.07) is 29.5. The van der Waals surface area contributed by atoms with E-state index in [1.54, 1.807) is 0 Å². The second-order valence-corrected chi connectivity index (χ2v) is 7.63. The van der Waals surface area contributed by atoms with Gasteiger partial charge in [0.1, 0.15) is 0 Å². The topological polar surface area (TPSA) is 54.4 Å². The van der Waals surface area contributed by atoms with E-state index in [9.17, 15) is 13.2 Å². The van der Waals surface area contributed by atoms with E-state index in [-0.39, 0.29) is 35.5 Å². The van der Waals surface area contributed by atoms with Gasteiger partial charge in [0.25, 0.3) is 0 Å². The number of halogens is 3. The van der Waals surface area contributed by atoms with Crippen LogP contribution in [0.25, 0.3) is 0 Å². The van der Waals surface area contributed by atoms with Crippen molar-refractivity contribution in [3.63, 3.8) is 0 Å². The Hall–Kier alpha value is -1.29. The van der Waals surface area contributed by atoms with Crippen molar-refractivity contribution in [3.05, 3.63) is 102 Å². The summed E-state index contributed by atoms with van der Waals surface area (Å²) in [5.41, 5.74) is -1.71. The van der Waals surface area contributed by atoms with Gasteiger partial charge >= 0.3 is 45.2 Å². The molecule has 29 heavy (non-hydrogen) atoms. The molecule has 0 bridgehead atoms. The van der Waals surface area contributed by atoms with Gasteiger partial charge in [-0.05, 0) is 22.8 Å². The average molecular weight is 450 g/mol. The minimum absolute atomic E-state index is 0. The van der Waals surface area contributed by atoms with Gasteiger partial charge in [-0.2, -0.15) is 21.6 Å². The average Bonchev–Trinajstić information content (AvgIpc) is 2.64. The molecule has 0 aromatic heterocycles. The van der Waals surface area contributed by atoms with Crippen molar-refractivity contribution in [1.82, 2.24) is 0 Å². The maximum atomic E-state index is 10.7. The van der Waals surface area contributed by atoms with Crippen LogP contribution < -0.4 is 0 Å². The first-order valence-electron chi connectivity index (χ1n) is 8.03. The Morgan fingerprint density at radius 2 is 1.10 bits per heavy atom. The van der Waals surface area contributed by atoms with Crippen molar-refractivity contribution in [2.45, 2.75) is 16.3 Å². The predicted octanol–water partition coefficient (Wildman–Crippen LogP) is 4.90. The number of alkyl halides is 3. The first-order chi connectivity index (χ1) is 13.1. The van der Waals surface area contributed by atoms with Crippen molar-refractivity contribution in [2.24, 2.45) is 0 Å². The second-order valence-electron chi connectivity index (χ2n) is 5.73. The Bertz CT molecular complexity index is 957. The van der Waals surface area contributed by atoms with E-state index < -0.39 is 15.6 Å². The van der Waals surface area contributed by atoms with Crippen molar-refractivity contribution < 1.29 is 26.1 Å². The van der Waals surface area contributed by atoms with Crippen LogP contribution in [-0.4, -0.2) is 48.0 Å². The van der Waals surface area contributed by atoms with E-state index in [1.165, 1.54) is 16.7 Å². The fourth-order valence-electron chi connectivity index (χ4n) is 2.57. The monoisotopic (exact) mass is 450 g/mol. The molecule has 0 unspecified atom stereocenters. The van der Waals surface area contributed by atoms with Crippen LogP contribution in [0.1, 0.15) is 22.6 Å². The van der Waals surface area contributed by atoms with E-state index in [0.29, 0.717) is 0 Å². The van der Waals surface area contributed by atoms with E-state index in [2.05, 4.69) is 91.5 Å². The molecule has 1 N–H and O–H groups in total. The van der Waals surface area contributed by atoms with Gasteiger partial charge in [-0.15, -0.1) is 12.6 Å². The van der Waals surface area contributed by atoms with Crippen molar-refractivity contribution >= 4 is 52.3 Å². The van der Waals surface area contributed by atoms with Crippen LogP contribution in [0, 0.1) is 0 Å². The minimum atomic E-state index is -5.84. The predicted molar refractivity (Wildman–Crippen MR) is 112 cm³/mol. The molecule has 0 heterocycles. The molecule has 3 aromatic carbocycles. The third-order valence-corrected chi connectivity index (χ3v) is 4.80. The van der Waals surface area contributed by atoms with Gasteiger partial charge in [-0.1, -0.05) is 78.9 Å². The molecule has 0 amide bonds. The van der Waals surface area contributed by atoms with E-state index >= 15 is 0 Å². The molecule has 0 atom stereocenters. The first-order valence-corrected chi connectivity index (χ1v) is 9.91. The standard InChI is InChI=1S/C19H16S.CHF3O3S.Na.H/c20-18-14-8-7-13-17(18)19(15-9-3-1-4-10-15)16-11-5-2-6-12-16;2-1(3,4)8(5,6)7;;/h1-14,19-20H;(H,5,6,7);;. The molecule has 9 heteroatoms. The Balaban J connectivity index is 0.000000403. The van der Waals surface area contributed by atoms with E-state index in [0.717, 1.165) is 4.90 Å². The summed E-state index contributed by atoms with van der Waals surface area (Å²) in [6.45, 7) is 0. The molecule has 0 aliphatic heterocycles. The van der Waals surface area contributed by atoms with Gasteiger partial charge < -0.3 is 0 Å². The summed E-state index contributed by atoms with van der Waals surface area (Å²) in [5, 5.41) is 0. The molecule has 0 saturated heterocycles. The number of benzene rings is 3. The van der Waals surface area contributed by atoms with Crippen LogP contribution in [0.2, 0.25) is 0 Å². The number of thiol groups is 1. The zero-order chi connectivity index (χ0) is 20.8. The molecule has 0 aliphatic rings. The van der Waals surface area contributed by atoms with Crippen LogP contribution in [0.4, 0.5) is 13.2 Å². The van der Waals surface area contributed by atoms with Gasteiger partial charge in [-0.3, -0.25) is 4.55 Å². The van der Waals surface area contributed by atoms with Crippen molar-refractivity contribution in [1.29, 1.82) is 0 Å². The maximum absolute atomic E-state index is 10.7. The summed E-state index contributed by atoms with van der Waals surface area (Å²) in [6.07, 6.45) is 0. The van der Waals surface area contributed by atoms with Crippen LogP contribution in [-0.2, 0) is 10.1 Å². The number of hydrogen-bond donors (Lipinski definition) is 2. The summed E-state index contributed by atoms with van der Waals surface area (Å²) >= 11 is 4.64. The molecule has 0 fully saturated rings. The summed E-state index contributed by atoms with van der Waals surface area (Å²) in [4.78, 5) is 1.03. The normalized spacial score (nSPS) is 11.2. The zero-order valence-electron chi connectivity index (χ0n) is 14.4. The molecule has 3 rings (SSSR count). The van der Waals surface area contributed by atoms with Gasteiger partial charge in [0.2, 0.25) is 0 Å². The fourth-order valence-corrected chi connectivity index (χ4v) is 2.86. The van der Waals surface area contributed by atoms with Gasteiger partial charge in [-0.25, -0.2) is 0 Å². The Morgan fingerprint density at radius 3 is 1.45 bits per heavy atom. The molecular formula is C20H18F3NaO3S2. The van der Waals surface area contributed by atoms with Crippen LogP contribution >= 0.6 is 12.6 Å². The van der Waals surface area contributed by atoms with Crippen molar-refractivity contribution in [3.8, 4) is 0 Å². The molecule has 0 radical (unpaired) electrons. The molecule has 0 aliphatic carbocycles. The Kier molecular flexibility index (Phi) is 9.94. The number of hydrogen-bond acceptors (Lipinski definition) is 3. The molecule has 150 valence electrons. The quantitative estimate of drug-likeness (QED) is 0.196. The van der Waals surface area contributed by atoms with Gasteiger partial charge in [0, 0.05) is 10.8 Å². The summed E-state index contributed by atoms with van der Waals surface area (Å²) in [5.74, 6) is 0.228. The Morgan fingerprint density at radius 1 is 0.759 bits per heavy atom. The first kappa shape index (κ1) is 25.7. The van der Waals surface area contributed by atoms with Crippen LogP contribution in [0.15, 0.2) is 89.8 Å². The number of rotatable bonds is 3. The molecule has 3 nitrogen and oxygen atoms in total. The molecule has 3 aromatic rings. The second kappa shape index (κ2) is 11.2. The van der Waals surface area contributed by atoms with E-state index in [4.69, 9.17) is 13.0 Å². The van der Waals surface area contributed by atoms with Crippen molar-refractivity contribution in [2.75, 3.05) is 0 Å². The molecule has 0 spiro atoms. The molecular weight excluding hydrogens is 432 g/mol. The zero-order valence-corrected chi connectivity index (χ0v) is 16.1. The van der Waals surface area contributed by atoms with E-state index in [1.807, 2.05) is 6.07 Å². The third kappa shape index (κ3) is 7.47. The third-order valence-electron chi connectivity index (χ3n) is 3.81. The van der Waals surface area contributed by atoms with Crippen LogP contribution in [0.3, 0.4) is 0 Å². The fraction of sp³-hybridized carbons (Fsp3) is 0.100. The molecule has 0 saturated carbocycles. The summed E-state index contributed by atoms with van der Waals surface area (Å²) < 4.78 is 57.5. The van der Waals surface area contributed by atoms with Gasteiger partial charge in [0.15, 0.2) is 0 Å². The van der Waals surface area contributed by atoms with Gasteiger partial charge in [0.05, 0.1) is 0 Å². The van der Waals surface area contributed by atoms with Crippen LogP contribution in [0.5, 0.6) is 0 Å². The summed E-state index contributed by atoms with van der Waals surface area (Å²) in [7, 11) is -5.84. The SMILES string of the molecule is O=S(=O)(O)C(F)(F)F.Sc1ccccc1C(c1ccccc1)c1ccccc1.[NaH]. The Labute approximate surface area is 195 Å².